The van der Waals surface area contributed by atoms with E-state index in [2.05, 4.69) is 5.32 Å². The molecule has 7 nitrogen and oxygen atoms in total. The summed E-state index contributed by atoms with van der Waals surface area (Å²) >= 11 is 0. The van der Waals surface area contributed by atoms with Gasteiger partial charge in [-0.05, 0) is 61.6 Å². The Morgan fingerprint density at radius 3 is 2.41 bits per heavy atom. The average Bonchev–Trinajstić information content (AvgIpc) is 2.80. The highest BCUT2D eigenvalue weighted by atomic mass is 19.1. The first kappa shape index (κ1) is 23.2. The predicted molar refractivity (Wildman–Crippen MR) is 116 cm³/mol. The molecule has 8 heteroatoms. The van der Waals surface area contributed by atoms with Gasteiger partial charge in [-0.25, -0.2) is 9.18 Å². The molecule has 2 amide bonds. The minimum Gasteiger partial charge on any atom is -0.434 e. The molecule has 0 unspecified atom stereocenters. The van der Waals surface area contributed by atoms with E-state index in [1.807, 2.05) is 0 Å². The number of ether oxygens (including phenoxy) is 2. The molecule has 0 saturated carbocycles. The second-order valence-electron chi connectivity index (χ2n) is 7.62. The molecule has 1 saturated heterocycles. The molecule has 0 bridgehead atoms. The molecule has 0 radical (unpaired) electrons. The molecule has 1 heterocycles. The van der Waals surface area contributed by atoms with Gasteiger partial charge in [-0.3, -0.25) is 9.59 Å². The van der Waals surface area contributed by atoms with E-state index in [-0.39, 0.29) is 36.6 Å². The summed E-state index contributed by atoms with van der Waals surface area (Å²) in [5.74, 6) is -0.0998. The summed E-state index contributed by atoms with van der Waals surface area (Å²) < 4.78 is 23.4. The van der Waals surface area contributed by atoms with E-state index in [1.165, 1.54) is 6.07 Å². The zero-order valence-corrected chi connectivity index (χ0v) is 18.0. The highest BCUT2D eigenvalue weighted by Crippen LogP contribution is 2.20. The molecule has 2 aromatic rings. The predicted octanol–water partition coefficient (Wildman–Crippen LogP) is 3.57. The molecule has 0 spiro atoms. The van der Waals surface area contributed by atoms with Crippen LogP contribution in [0.3, 0.4) is 0 Å². The van der Waals surface area contributed by atoms with Gasteiger partial charge in [-0.1, -0.05) is 18.2 Å². The first-order valence-electron chi connectivity index (χ1n) is 10.7. The maximum Gasteiger partial charge on any atom is 0.513 e. The molecule has 0 aromatic heterocycles. The SMILES string of the molecule is CCOC(=O)Oc1ccc(C(=O)N2CCC(CNC(=O)Cc3ccccc3F)CC2)cc1. The van der Waals surface area contributed by atoms with Crippen molar-refractivity contribution in [1.29, 1.82) is 0 Å². The number of halogens is 1. The fraction of sp³-hybridized carbons (Fsp3) is 0.375. The van der Waals surface area contributed by atoms with E-state index >= 15 is 0 Å². The number of piperidine rings is 1. The summed E-state index contributed by atoms with van der Waals surface area (Å²) in [6.07, 6.45) is 0.778. The van der Waals surface area contributed by atoms with Crippen LogP contribution in [0.2, 0.25) is 0 Å². The number of likely N-dealkylation sites (tertiary alicyclic amines) is 1. The monoisotopic (exact) mass is 442 g/mol. The van der Waals surface area contributed by atoms with Crippen LogP contribution in [0.4, 0.5) is 9.18 Å². The van der Waals surface area contributed by atoms with Gasteiger partial charge in [-0.2, -0.15) is 0 Å². The van der Waals surface area contributed by atoms with Gasteiger partial charge in [0.15, 0.2) is 0 Å². The van der Waals surface area contributed by atoms with E-state index in [4.69, 9.17) is 9.47 Å². The van der Waals surface area contributed by atoms with Crippen LogP contribution in [0.1, 0.15) is 35.7 Å². The van der Waals surface area contributed by atoms with Gasteiger partial charge >= 0.3 is 6.16 Å². The Morgan fingerprint density at radius 1 is 1.06 bits per heavy atom. The standard InChI is InChI=1S/C24H27FN2O5/c1-2-31-24(30)32-20-9-7-18(8-10-20)23(29)27-13-11-17(12-14-27)16-26-22(28)15-19-5-3-4-6-21(19)25/h3-10,17H,2,11-16H2,1H3,(H,26,28). The number of benzene rings is 2. The van der Waals surface area contributed by atoms with Crippen molar-refractivity contribution in [2.24, 2.45) is 5.92 Å². The fourth-order valence-corrected chi connectivity index (χ4v) is 3.57. The van der Waals surface area contributed by atoms with Gasteiger partial charge in [-0.15, -0.1) is 0 Å². The van der Waals surface area contributed by atoms with E-state index in [9.17, 15) is 18.8 Å². The quantitative estimate of drug-likeness (QED) is 0.523. The molecule has 1 aliphatic rings. The number of carbonyl (C=O) groups excluding carboxylic acids is 3. The number of nitrogens with zero attached hydrogens (tertiary/aromatic N) is 1. The first-order valence-corrected chi connectivity index (χ1v) is 10.7. The van der Waals surface area contributed by atoms with Crippen LogP contribution in [0.25, 0.3) is 0 Å². The molecule has 0 atom stereocenters. The number of nitrogens with one attached hydrogen (secondary N) is 1. The maximum atomic E-state index is 13.7. The number of hydrogen-bond acceptors (Lipinski definition) is 5. The Bertz CT molecular complexity index is 940. The van der Waals surface area contributed by atoms with Gasteiger partial charge in [0.2, 0.25) is 5.91 Å². The number of rotatable bonds is 7. The number of carbonyl (C=O) groups is 3. The molecule has 2 aromatic carbocycles. The smallest absolute Gasteiger partial charge is 0.434 e. The van der Waals surface area contributed by atoms with Crippen LogP contribution < -0.4 is 10.1 Å². The minimum atomic E-state index is -0.783. The van der Waals surface area contributed by atoms with Crippen LogP contribution in [0.5, 0.6) is 5.75 Å². The third-order valence-electron chi connectivity index (χ3n) is 5.36. The zero-order valence-electron chi connectivity index (χ0n) is 18.0. The van der Waals surface area contributed by atoms with Crippen molar-refractivity contribution in [3.8, 4) is 5.75 Å². The molecule has 32 heavy (non-hydrogen) atoms. The van der Waals surface area contributed by atoms with E-state index in [0.29, 0.717) is 36.5 Å². The lowest BCUT2D eigenvalue weighted by molar-refractivity contribution is -0.120. The summed E-state index contributed by atoms with van der Waals surface area (Å²) in [7, 11) is 0. The van der Waals surface area contributed by atoms with E-state index in [1.54, 1.807) is 54.3 Å². The minimum absolute atomic E-state index is 0.0138. The molecular weight excluding hydrogens is 415 g/mol. The molecule has 170 valence electrons. The summed E-state index contributed by atoms with van der Waals surface area (Å²) in [6, 6.07) is 12.6. The third kappa shape index (κ3) is 6.54. The van der Waals surface area contributed by atoms with Crippen molar-refractivity contribution >= 4 is 18.0 Å². The largest absolute Gasteiger partial charge is 0.513 e. The Hall–Kier alpha value is -3.42. The van der Waals surface area contributed by atoms with Crippen molar-refractivity contribution < 1.29 is 28.2 Å². The highest BCUT2D eigenvalue weighted by Gasteiger charge is 2.24. The Morgan fingerprint density at radius 2 is 1.75 bits per heavy atom. The molecule has 1 fully saturated rings. The Labute approximate surface area is 186 Å². The lowest BCUT2D eigenvalue weighted by Crippen LogP contribution is -2.41. The molecule has 0 aliphatic carbocycles. The molecule has 1 N–H and O–H groups in total. The van der Waals surface area contributed by atoms with E-state index in [0.717, 1.165) is 12.8 Å². The Kier molecular flexibility index (Phi) is 8.19. The van der Waals surface area contributed by atoms with Crippen molar-refractivity contribution in [3.63, 3.8) is 0 Å². The van der Waals surface area contributed by atoms with Crippen LogP contribution in [0.15, 0.2) is 48.5 Å². The molecular formula is C24H27FN2O5. The van der Waals surface area contributed by atoms with Crippen LogP contribution in [-0.2, 0) is 16.0 Å². The van der Waals surface area contributed by atoms with Crippen LogP contribution in [0, 0.1) is 11.7 Å². The topological polar surface area (TPSA) is 84.9 Å². The normalized spacial score (nSPS) is 14.0. The first-order chi connectivity index (χ1) is 15.5. The van der Waals surface area contributed by atoms with Crippen molar-refractivity contribution in [2.75, 3.05) is 26.2 Å². The second kappa shape index (κ2) is 11.3. The number of amides is 2. The number of hydrogen-bond donors (Lipinski definition) is 1. The van der Waals surface area contributed by atoms with Gasteiger partial charge in [0.05, 0.1) is 13.0 Å². The average molecular weight is 442 g/mol. The summed E-state index contributed by atoms with van der Waals surface area (Å²) in [5.41, 5.74) is 0.891. The summed E-state index contributed by atoms with van der Waals surface area (Å²) in [5, 5.41) is 2.87. The van der Waals surface area contributed by atoms with Gasteiger partial charge in [0.25, 0.3) is 5.91 Å². The molecule has 1 aliphatic heterocycles. The fourth-order valence-electron chi connectivity index (χ4n) is 3.57. The summed E-state index contributed by atoms with van der Waals surface area (Å²) in [4.78, 5) is 38.0. The van der Waals surface area contributed by atoms with Crippen LogP contribution >= 0.6 is 0 Å². The lowest BCUT2D eigenvalue weighted by Gasteiger charge is -2.32. The van der Waals surface area contributed by atoms with Gasteiger partial charge < -0.3 is 19.7 Å². The summed E-state index contributed by atoms with van der Waals surface area (Å²) in [6.45, 7) is 3.60. The highest BCUT2D eigenvalue weighted by molar-refractivity contribution is 5.94. The Balaban J connectivity index is 1.42. The third-order valence-corrected chi connectivity index (χ3v) is 5.36. The van der Waals surface area contributed by atoms with Gasteiger partial charge in [0, 0.05) is 25.2 Å². The maximum absolute atomic E-state index is 13.7. The van der Waals surface area contributed by atoms with Crippen molar-refractivity contribution in [1.82, 2.24) is 10.2 Å². The van der Waals surface area contributed by atoms with E-state index < -0.39 is 6.16 Å². The van der Waals surface area contributed by atoms with Crippen molar-refractivity contribution in [2.45, 2.75) is 26.2 Å². The van der Waals surface area contributed by atoms with Gasteiger partial charge in [0.1, 0.15) is 11.6 Å². The lowest BCUT2D eigenvalue weighted by atomic mass is 9.96. The molecule has 3 rings (SSSR count). The van der Waals surface area contributed by atoms with Crippen molar-refractivity contribution in [3.05, 3.63) is 65.5 Å². The zero-order chi connectivity index (χ0) is 22.9. The second-order valence-corrected chi connectivity index (χ2v) is 7.62. The van der Waals surface area contributed by atoms with Crippen LogP contribution in [-0.4, -0.2) is 49.1 Å².